The van der Waals surface area contributed by atoms with Gasteiger partial charge in [-0.3, -0.25) is 0 Å². The third-order valence-corrected chi connectivity index (χ3v) is 2.51. The maximum absolute atomic E-state index is 8.66. The summed E-state index contributed by atoms with van der Waals surface area (Å²) in [6.07, 6.45) is 2.89. The van der Waals surface area contributed by atoms with Gasteiger partial charge in [-0.1, -0.05) is 28.9 Å². The number of rotatable bonds is 4. The maximum atomic E-state index is 8.66. The molecule has 0 aliphatic heterocycles. The molecule has 0 aliphatic carbocycles. The highest BCUT2D eigenvalue weighted by molar-refractivity contribution is 6.30. The Morgan fingerprint density at radius 2 is 2.16 bits per heavy atom. The van der Waals surface area contributed by atoms with Gasteiger partial charge in [0.25, 0.3) is 0 Å². The van der Waals surface area contributed by atoms with Crippen LogP contribution in [0.5, 0.6) is 5.88 Å². The van der Waals surface area contributed by atoms with Crippen LogP contribution in [0.3, 0.4) is 0 Å². The van der Waals surface area contributed by atoms with Crippen molar-refractivity contribution < 1.29 is 9.94 Å². The molecule has 98 valence electrons. The molecule has 0 fully saturated rings. The van der Waals surface area contributed by atoms with Crippen LogP contribution in [0.25, 0.3) is 0 Å². The number of nitrogens with two attached hydrogens (primary N) is 1. The molecule has 0 amide bonds. The van der Waals surface area contributed by atoms with E-state index in [2.05, 4.69) is 15.1 Å². The molecule has 0 radical (unpaired) electrons. The minimum atomic E-state index is -0.158. The van der Waals surface area contributed by atoms with E-state index in [1.807, 2.05) is 12.1 Å². The Labute approximate surface area is 114 Å². The highest BCUT2D eigenvalue weighted by atomic mass is 35.5. The van der Waals surface area contributed by atoms with Crippen molar-refractivity contribution in [2.24, 2.45) is 10.9 Å². The van der Waals surface area contributed by atoms with Crippen molar-refractivity contribution in [2.75, 3.05) is 0 Å². The third kappa shape index (κ3) is 3.32. The number of ether oxygens (including phenoxy) is 1. The van der Waals surface area contributed by atoms with Crippen LogP contribution >= 0.6 is 11.6 Å². The molecule has 0 atom stereocenters. The van der Waals surface area contributed by atoms with E-state index in [1.54, 1.807) is 12.1 Å². The fourth-order valence-electron chi connectivity index (χ4n) is 1.43. The Morgan fingerprint density at radius 3 is 2.89 bits per heavy atom. The van der Waals surface area contributed by atoms with Crippen LogP contribution in [0.2, 0.25) is 5.02 Å². The molecule has 1 aromatic carbocycles. The molecule has 6 nitrogen and oxygen atoms in total. The van der Waals surface area contributed by atoms with Crippen molar-refractivity contribution >= 4 is 17.4 Å². The first-order valence-electron chi connectivity index (χ1n) is 5.37. The highest BCUT2D eigenvalue weighted by Crippen LogP contribution is 2.15. The second-order valence-electron chi connectivity index (χ2n) is 3.61. The van der Waals surface area contributed by atoms with Crippen LogP contribution in [-0.4, -0.2) is 21.0 Å². The molecule has 0 spiro atoms. The molecule has 0 saturated heterocycles. The van der Waals surface area contributed by atoms with Gasteiger partial charge in [0.2, 0.25) is 5.88 Å². The number of hydrogen-bond acceptors (Lipinski definition) is 5. The van der Waals surface area contributed by atoms with Gasteiger partial charge in [0.05, 0.1) is 0 Å². The fourth-order valence-corrected chi connectivity index (χ4v) is 1.65. The summed E-state index contributed by atoms with van der Waals surface area (Å²) in [5.41, 5.74) is 6.55. The summed E-state index contributed by atoms with van der Waals surface area (Å²) in [7, 11) is 0. The summed E-state index contributed by atoms with van der Waals surface area (Å²) in [6, 6.07) is 7.24. The minimum absolute atomic E-state index is 0.158. The SMILES string of the molecule is NC(=NO)c1nccnc1OCc1cccc(Cl)c1. The molecule has 1 heterocycles. The molecule has 0 unspecified atom stereocenters. The number of oxime groups is 1. The highest BCUT2D eigenvalue weighted by Gasteiger charge is 2.11. The van der Waals surface area contributed by atoms with E-state index < -0.39 is 0 Å². The molecule has 3 N–H and O–H groups in total. The van der Waals surface area contributed by atoms with Crippen LogP contribution in [-0.2, 0) is 6.61 Å². The number of benzene rings is 1. The zero-order valence-corrected chi connectivity index (χ0v) is 10.6. The normalized spacial score (nSPS) is 11.3. The van der Waals surface area contributed by atoms with Crippen molar-refractivity contribution in [1.29, 1.82) is 0 Å². The number of amidine groups is 1. The summed E-state index contributed by atoms with van der Waals surface area (Å²) < 4.78 is 5.50. The Bertz CT molecular complexity index is 604. The van der Waals surface area contributed by atoms with Gasteiger partial charge in [-0.15, -0.1) is 0 Å². The molecule has 2 rings (SSSR count). The summed E-state index contributed by atoms with van der Waals surface area (Å²) in [4.78, 5) is 7.95. The summed E-state index contributed by atoms with van der Waals surface area (Å²) in [5, 5.41) is 12.2. The lowest BCUT2D eigenvalue weighted by Gasteiger charge is -2.08. The van der Waals surface area contributed by atoms with Crippen LogP contribution in [0.4, 0.5) is 0 Å². The first kappa shape index (κ1) is 13.1. The molecule has 7 heteroatoms. The topological polar surface area (TPSA) is 93.6 Å². The Morgan fingerprint density at radius 1 is 1.37 bits per heavy atom. The number of hydrogen-bond donors (Lipinski definition) is 2. The Balaban J connectivity index is 2.16. The molecule has 0 bridgehead atoms. The molecule has 0 saturated carbocycles. The van der Waals surface area contributed by atoms with Gasteiger partial charge in [0, 0.05) is 17.4 Å². The summed E-state index contributed by atoms with van der Waals surface area (Å²) in [5.74, 6) is 0.0342. The average Bonchev–Trinajstić information content (AvgIpc) is 2.45. The lowest BCUT2D eigenvalue weighted by Crippen LogP contribution is -2.17. The van der Waals surface area contributed by atoms with Crippen LogP contribution in [0, 0.1) is 0 Å². The first-order chi connectivity index (χ1) is 9.20. The number of aromatic nitrogens is 2. The Kier molecular flexibility index (Phi) is 4.15. The zero-order valence-electron chi connectivity index (χ0n) is 9.82. The predicted octanol–water partition coefficient (Wildman–Crippen LogP) is 1.80. The molecule has 1 aromatic heterocycles. The molecular weight excluding hydrogens is 268 g/mol. The smallest absolute Gasteiger partial charge is 0.244 e. The summed E-state index contributed by atoms with van der Waals surface area (Å²) >= 11 is 5.88. The minimum Gasteiger partial charge on any atom is -0.471 e. The fraction of sp³-hybridized carbons (Fsp3) is 0.0833. The molecule has 0 aliphatic rings. The lowest BCUT2D eigenvalue weighted by atomic mass is 10.2. The molecule has 19 heavy (non-hydrogen) atoms. The van der Waals surface area contributed by atoms with Gasteiger partial charge >= 0.3 is 0 Å². The summed E-state index contributed by atoms with van der Waals surface area (Å²) in [6.45, 7) is 0.255. The van der Waals surface area contributed by atoms with E-state index in [4.69, 9.17) is 27.3 Å². The van der Waals surface area contributed by atoms with Crippen molar-refractivity contribution in [1.82, 2.24) is 9.97 Å². The van der Waals surface area contributed by atoms with E-state index in [1.165, 1.54) is 12.4 Å². The van der Waals surface area contributed by atoms with E-state index in [9.17, 15) is 0 Å². The lowest BCUT2D eigenvalue weighted by molar-refractivity contribution is 0.290. The van der Waals surface area contributed by atoms with Crippen molar-refractivity contribution in [3.05, 3.63) is 52.9 Å². The predicted molar refractivity (Wildman–Crippen MR) is 70.3 cm³/mol. The van der Waals surface area contributed by atoms with Crippen molar-refractivity contribution in [3.63, 3.8) is 0 Å². The second-order valence-corrected chi connectivity index (χ2v) is 4.05. The molecular formula is C12H11ClN4O2. The monoisotopic (exact) mass is 278 g/mol. The zero-order chi connectivity index (χ0) is 13.7. The molecule has 2 aromatic rings. The number of halogens is 1. The number of nitrogens with zero attached hydrogens (tertiary/aromatic N) is 3. The third-order valence-electron chi connectivity index (χ3n) is 2.28. The van der Waals surface area contributed by atoms with E-state index in [0.717, 1.165) is 5.56 Å². The van der Waals surface area contributed by atoms with Gasteiger partial charge in [0.15, 0.2) is 11.5 Å². The van der Waals surface area contributed by atoms with Crippen molar-refractivity contribution in [2.45, 2.75) is 6.61 Å². The van der Waals surface area contributed by atoms with Gasteiger partial charge in [-0.05, 0) is 17.7 Å². The first-order valence-corrected chi connectivity index (χ1v) is 5.74. The van der Waals surface area contributed by atoms with Gasteiger partial charge in [0.1, 0.15) is 6.61 Å². The van der Waals surface area contributed by atoms with Crippen LogP contribution in [0.15, 0.2) is 41.8 Å². The Hall–Kier alpha value is -2.34. The van der Waals surface area contributed by atoms with E-state index in [-0.39, 0.29) is 24.0 Å². The maximum Gasteiger partial charge on any atom is 0.244 e. The van der Waals surface area contributed by atoms with E-state index in [0.29, 0.717) is 5.02 Å². The van der Waals surface area contributed by atoms with Crippen LogP contribution in [0.1, 0.15) is 11.3 Å². The van der Waals surface area contributed by atoms with Gasteiger partial charge < -0.3 is 15.7 Å². The standard InChI is InChI=1S/C12H11ClN4O2/c13-9-3-1-2-8(6-9)7-19-12-10(11(14)17-18)15-4-5-16-12/h1-6,18H,7H2,(H2,14,17). The van der Waals surface area contributed by atoms with Crippen LogP contribution < -0.4 is 10.5 Å². The second kappa shape index (κ2) is 6.01. The van der Waals surface area contributed by atoms with Gasteiger partial charge in [-0.2, -0.15) is 0 Å². The largest absolute Gasteiger partial charge is 0.471 e. The van der Waals surface area contributed by atoms with E-state index >= 15 is 0 Å². The van der Waals surface area contributed by atoms with Gasteiger partial charge in [-0.25, -0.2) is 9.97 Å². The average molecular weight is 279 g/mol. The quantitative estimate of drug-likeness (QED) is 0.385. The van der Waals surface area contributed by atoms with Crippen molar-refractivity contribution in [3.8, 4) is 5.88 Å².